The van der Waals surface area contributed by atoms with E-state index in [9.17, 15) is 0 Å². The summed E-state index contributed by atoms with van der Waals surface area (Å²) in [4.78, 5) is 8.97. The lowest BCUT2D eigenvalue weighted by atomic mass is 10.2. The van der Waals surface area contributed by atoms with E-state index in [0.29, 0.717) is 12.5 Å². The van der Waals surface area contributed by atoms with Crippen molar-refractivity contribution in [2.24, 2.45) is 0 Å². The van der Waals surface area contributed by atoms with Gasteiger partial charge in [-0.1, -0.05) is 28.1 Å². The molecule has 3 rings (SSSR count). The number of anilines is 3. The second kappa shape index (κ2) is 7.98. The summed E-state index contributed by atoms with van der Waals surface area (Å²) >= 11 is 3.43. The minimum Gasteiger partial charge on any atom is -0.497 e. The molecule has 2 N–H and O–H groups in total. The molecule has 0 bridgehead atoms. The summed E-state index contributed by atoms with van der Waals surface area (Å²) in [7, 11) is 1.66. The molecule has 0 spiro atoms. The molecule has 0 saturated heterocycles. The monoisotopic (exact) mass is 398 g/mol. The highest BCUT2D eigenvalue weighted by molar-refractivity contribution is 9.10. The number of halogens is 1. The van der Waals surface area contributed by atoms with Crippen LogP contribution in [0.2, 0.25) is 0 Å². The molecule has 0 atom stereocenters. The van der Waals surface area contributed by atoms with Gasteiger partial charge in [-0.05, 0) is 48.9 Å². The molecule has 0 unspecified atom stereocenters. The van der Waals surface area contributed by atoms with Gasteiger partial charge in [0.1, 0.15) is 11.6 Å². The SMILES string of the molecule is COc1ccc(CNc2nc(C)cc(Nc3ccc(Br)cc3)n2)cc1. The lowest BCUT2D eigenvalue weighted by Gasteiger charge is -2.10. The lowest BCUT2D eigenvalue weighted by molar-refractivity contribution is 0.414. The maximum atomic E-state index is 5.17. The van der Waals surface area contributed by atoms with Crippen LogP contribution < -0.4 is 15.4 Å². The van der Waals surface area contributed by atoms with Crippen LogP contribution in [-0.4, -0.2) is 17.1 Å². The van der Waals surface area contributed by atoms with Gasteiger partial charge in [0.05, 0.1) is 7.11 Å². The van der Waals surface area contributed by atoms with E-state index in [4.69, 9.17) is 4.74 Å². The Morgan fingerprint density at radius 1 is 1.00 bits per heavy atom. The zero-order valence-corrected chi connectivity index (χ0v) is 15.7. The largest absolute Gasteiger partial charge is 0.497 e. The molecule has 2 aromatic carbocycles. The third-order valence-electron chi connectivity index (χ3n) is 3.58. The van der Waals surface area contributed by atoms with E-state index in [2.05, 4.69) is 36.5 Å². The molecule has 0 amide bonds. The molecular weight excluding hydrogens is 380 g/mol. The quantitative estimate of drug-likeness (QED) is 0.617. The fourth-order valence-electron chi connectivity index (χ4n) is 2.32. The molecule has 0 fully saturated rings. The van der Waals surface area contributed by atoms with E-state index in [1.807, 2.05) is 61.5 Å². The molecule has 5 nitrogen and oxygen atoms in total. The smallest absolute Gasteiger partial charge is 0.225 e. The van der Waals surface area contributed by atoms with Crippen LogP contribution in [0.15, 0.2) is 59.1 Å². The Bertz CT molecular complexity index is 835. The van der Waals surface area contributed by atoms with E-state index in [1.165, 1.54) is 0 Å². The van der Waals surface area contributed by atoms with Crippen molar-refractivity contribution >= 4 is 33.4 Å². The molecule has 0 aliphatic carbocycles. The van der Waals surface area contributed by atoms with Crippen LogP contribution in [0.5, 0.6) is 5.75 Å². The van der Waals surface area contributed by atoms with Gasteiger partial charge in [0.25, 0.3) is 0 Å². The van der Waals surface area contributed by atoms with Gasteiger partial charge in [0.2, 0.25) is 5.95 Å². The van der Waals surface area contributed by atoms with E-state index in [1.54, 1.807) is 7.11 Å². The standard InChI is InChI=1S/C19H19BrN4O/c1-13-11-18(23-16-7-5-15(20)6-8-16)24-19(22-13)21-12-14-3-9-17(25-2)10-4-14/h3-11H,12H2,1-2H3,(H2,21,22,23,24). The fourth-order valence-corrected chi connectivity index (χ4v) is 2.58. The van der Waals surface area contributed by atoms with Crippen molar-refractivity contribution in [1.82, 2.24) is 9.97 Å². The topological polar surface area (TPSA) is 59.1 Å². The number of aryl methyl sites for hydroxylation is 1. The Morgan fingerprint density at radius 3 is 2.40 bits per heavy atom. The molecule has 6 heteroatoms. The number of rotatable bonds is 6. The molecule has 0 saturated carbocycles. The van der Waals surface area contributed by atoms with Gasteiger partial charge in [0.15, 0.2) is 0 Å². The first-order valence-electron chi connectivity index (χ1n) is 7.87. The van der Waals surface area contributed by atoms with Gasteiger partial charge >= 0.3 is 0 Å². The second-order valence-electron chi connectivity index (χ2n) is 5.55. The van der Waals surface area contributed by atoms with Gasteiger partial charge in [-0.3, -0.25) is 0 Å². The predicted octanol–water partition coefficient (Wildman–Crippen LogP) is 4.91. The Labute approximate surface area is 155 Å². The van der Waals surface area contributed by atoms with Gasteiger partial charge in [-0.15, -0.1) is 0 Å². The normalized spacial score (nSPS) is 10.4. The molecule has 1 aromatic heterocycles. The van der Waals surface area contributed by atoms with Gasteiger partial charge < -0.3 is 15.4 Å². The van der Waals surface area contributed by atoms with Crippen molar-refractivity contribution in [3.05, 3.63) is 70.3 Å². The summed E-state index contributed by atoms with van der Waals surface area (Å²) in [5.41, 5.74) is 3.00. The van der Waals surface area contributed by atoms with Crippen molar-refractivity contribution in [3.63, 3.8) is 0 Å². The summed E-state index contributed by atoms with van der Waals surface area (Å²) in [6.45, 7) is 2.60. The van der Waals surface area contributed by atoms with Crippen molar-refractivity contribution < 1.29 is 4.74 Å². The number of aromatic nitrogens is 2. The first-order valence-corrected chi connectivity index (χ1v) is 8.67. The highest BCUT2D eigenvalue weighted by Gasteiger charge is 2.03. The Morgan fingerprint density at radius 2 is 1.72 bits per heavy atom. The number of benzene rings is 2. The first kappa shape index (κ1) is 17.2. The second-order valence-corrected chi connectivity index (χ2v) is 6.47. The van der Waals surface area contributed by atoms with Gasteiger partial charge in [0, 0.05) is 28.5 Å². The van der Waals surface area contributed by atoms with E-state index in [-0.39, 0.29) is 0 Å². The van der Waals surface area contributed by atoms with Crippen molar-refractivity contribution in [3.8, 4) is 5.75 Å². The van der Waals surface area contributed by atoms with Crippen LogP contribution in [-0.2, 0) is 6.54 Å². The molecule has 25 heavy (non-hydrogen) atoms. The Hall–Kier alpha value is -2.60. The van der Waals surface area contributed by atoms with Crippen LogP contribution in [0, 0.1) is 6.92 Å². The highest BCUT2D eigenvalue weighted by Crippen LogP contribution is 2.19. The van der Waals surface area contributed by atoms with Gasteiger partial charge in [-0.25, -0.2) is 4.98 Å². The van der Waals surface area contributed by atoms with Crippen LogP contribution in [0.25, 0.3) is 0 Å². The van der Waals surface area contributed by atoms with Crippen LogP contribution in [0.1, 0.15) is 11.3 Å². The molecule has 1 heterocycles. The van der Waals surface area contributed by atoms with Crippen molar-refractivity contribution in [2.75, 3.05) is 17.7 Å². The zero-order chi connectivity index (χ0) is 17.6. The summed E-state index contributed by atoms with van der Waals surface area (Å²) in [5, 5.41) is 6.56. The molecule has 128 valence electrons. The number of nitrogens with one attached hydrogen (secondary N) is 2. The molecule has 0 aliphatic heterocycles. The van der Waals surface area contributed by atoms with E-state index < -0.39 is 0 Å². The average molecular weight is 399 g/mol. The fraction of sp³-hybridized carbons (Fsp3) is 0.158. The van der Waals surface area contributed by atoms with E-state index in [0.717, 1.165) is 33.0 Å². The van der Waals surface area contributed by atoms with Crippen molar-refractivity contribution in [2.45, 2.75) is 13.5 Å². The summed E-state index contributed by atoms with van der Waals surface area (Å²) in [6.07, 6.45) is 0. The van der Waals surface area contributed by atoms with Gasteiger partial charge in [-0.2, -0.15) is 4.98 Å². The van der Waals surface area contributed by atoms with Crippen molar-refractivity contribution in [1.29, 1.82) is 0 Å². The number of methoxy groups -OCH3 is 1. The first-order chi connectivity index (χ1) is 12.1. The Balaban J connectivity index is 1.69. The molecular formula is C19H19BrN4O. The molecule has 0 radical (unpaired) electrons. The third kappa shape index (κ3) is 4.93. The maximum absolute atomic E-state index is 5.17. The number of hydrogen-bond donors (Lipinski definition) is 2. The molecule has 3 aromatic rings. The lowest BCUT2D eigenvalue weighted by Crippen LogP contribution is -2.06. The van der Waals surface area contributed by atoms with Crippen LogP contribution in [0.3, 0.4) is 0 Å². The maximum Gasteiger partial charge on any atom is 0.225 e. The Kier molecular flexibility index (Phi) is 5.50. The minimum atomic E-state index is 0.593. The van der Waals surface area contributed by atoms with Crippen LogP contribution >= 0.6 is 15.9 Å². The predicted molar refractivity (Wildman–Crippen MR) is 105 cm³/mol. The number of ether oxygens (including phenoxy) is 1. The number of hydrogen-bond acceptors (Lipinski definition) is 5. The highest BCUT2D eigenvalue weighted by atomic mass is 79.9. The summed E-state index contributed by atoms with van der Waals surface area (Å²) < 4.78 is 6.21. The summed E-state index contributed by atoms with van der Waals surface area (Å²) in [5.74, 6) is 2.19. The number of nitrogens with zero attached hydrogens (tertiary/aromatic N) is 2. The minimum absolute atomic E-state index is 0.593. The van der Waals surface area contributed by atoms with E-state index >= 15 is 0 Å². The van der Waals surface area contributed by atoms with Crippen LogP contribution in [0.4, 0.5) is 17.5 Å². The summed E-state index contributed by atoms with van der Waals surface area (Å²) in [6, 6.07) is 17.8. The zero-order valence-electron chi connectivity index (χ0n) is 14.1. The third-order valence-corrected chi connectivity index (χ3v) is 4.11. The molecule has 0 aliphatic rings. The average Bonchev–Trinajstić information content (AvgIpc) is 2.62.